The summed E-state index contributed by atoms with van der Waals surface area (Å²) in [7, 11) is 0. The van der Waals surface area contributed by atoms with Crippen molar-refractivity contribution in [1.29, 1.82) is 0 Å². The Morgan fingerprint density at radius 2 is 2.00 bits per heavy atom. The topological polar surface area (TPSA) is 61.8 Å². The van der Waals surface area contributed by atoms with E-state index in [0.29, 0.717) is 25.1 Å². The van der Waals surface area contributed by atoms with Crippen LogP contribution in [0.25, 0.3) is 0 Å². The second kappa shape index (κ2) is 11.7. The molecule has 1 aromatic heterocycles. The lowest BCUT2D eigenvalue weighted by molar-refractivity contribution is 0.197. The van der Waals surface area contributed by atoms with Gasteiger partial charge < -0.3 is 20.3 Å². The van der Waals surface area contributed by atoms with Crippen molar-refractivity contribution in [3.05, 3.63) is 23.9 Å². The van der Waals surface area contributed by atoms with Gasteiger partial charge in [-0.25, -0.2) is 9.98 Å². The summed E-state index contributed by atoms with van der Waals surface area (Å²) in [4.78, 5) is 11.7. The van der Waals surface area contributed by atoms with Gasteiger partial charge in [0.2, 0.25) is 5.88 Å². The molecule has 2 N–H and O–H groups in total. The Hall–Kier alpha value is -1.09. The first kappa shape index (κ1) is 22.2. The zero-order valence-corrected chi connectivity index (χ0v) is 18.9. The summed E-state index contributed by atoms with van der Waals surface area (Å²) < 4.78 is 5.53. The molecule has 152 valence electrons. The highest BCUT2D eigenvalue weighted by molar-refractivity contribution is 14.0. The van der Waals surface area contributed by atoms with E-state index in [1.807, 2.05) is 18.3 Å². The molecule has 27 heavy (non-hydrogen) atoms. The van der Waals surface area contributed by atoms with Crippen LogP contribution < -0.4 is 15.4 Å². The van der Waals surface area contributed by atoms with Crippen LogP contribution >= 0.6 is 24.0 Å². The third kappa shape index (κ3) is 7.44. The SMILES string of the molecule is CCCOc1ccc(CN=C(NCC)NC2CCN(C3CC3)CC2)cn1.I. The molecule has 1 aromatic rings. The van der Waals surface area contributed by atoms with Gasteiger partial charge in [-0.2, -0.15) is 0 Å². The number of aliphatic imine (C=N–C) groups is 1. The van der Waals surface area contributed by atoms with E-state index in [1.54, 1.807) is 0 Å². The van der Waals surface area contributed by atoms with Crippen LogP contribution in [-0.4, -0.2) is 54.2 Å². The molecule has 1 saturated heterocycles. The van der Waals surface area contributed by atoms with Crippen molar-refractivity contribution in [2.24, 2.45) is 4.99 Å². The fraction of sp³-hybridized carbons (Fsp3) is 0.700. The molecule has 0 atom stereocenters. The Morgan fingerprint density at radius 1 is 1.22 bits per heavy atom. The van der Waals surface area contributed by atoms with Crippen LogP contribution in [0, 0.1) is 0 Å². The van der Waals surface area contributed by atoms with E-state index in [9.17, 15) is 0 Å². The van der Waals surface area contributed by atoms with Crippen LogP contribution in [-0.2, 0) is 6.54 Å². The van der Waals surface area contributed by atoms with Gasteiger partial charge in [0, 0.05) is 44.0 Å². The Morgan fingerprint density at radius 3 is 2.59 bits per heavy atom. The van der Waals surface area contributed by atoms with Crippen LogP contribution in [0.4, 0.5) is 0 Å². The molecule has 2 aliphatic rings. The number of hydrogen-bond donors (Lipinski definition) is 2. The van der Waals surface area contributed by atoms with Crippen molar-refractivity contribution in [3.8, 4) is 5.88 Å². The van der Waals surface area contributed by atoms with Crippen LogP contribution in [0.3, 0.4) is 0 Å². The summed E-state index contributed by atoms with van der Waals surface area (Å²) in [6.45, 7) is 8.82. The molecule has 0 aromatic carbocycles. The first-order valence-corrected chi connectivity index (χ1v) is 10.1. The highest BCUT2D eigenvalue weighted by atomic mass is 127. The summed E-state index contributed by atoms with van der Waals surface area (Å²) in [5, 5.41) is 6.98. The number of guanidine groups is 1. The molecule has 0 spiro atoms. The quantitative estimate of drug-likeness (QED) is 0.335. The van der Waals surface area contributed by atoms with E-state index in [4.69, 9.17) is 9.73 Å². The molecule has 6 nitrogen and oxygen atoms in total. The Kier molecular flexibility index (Phi) is 9.61. The van der Waals surface area contributed by atoms with Gasteiger partial charge in [0.05, 0.1) is 13.2 Å². The minimum Gasteiger partial charge on any atom is -0.478 e. The van der Waals surface area contributed by atoms with E-state index < -0.39 is 0 Å². The maximum atomic E-state index is 5.53. The maximum absolute atomic E-state index is 5.53. The number of rotatable bonds is 8. The summed E-state index contributed by atoms with van der Waals surface area (Å²) in [5.74, 6) is 1.59. The molecular formula is C20H34IN5O. The first-order chi connectivity index (χ1) is 12.8. The number of ether oxygens (including phenoxy) is 1. The largest absolute Gasteiger partial charge is 0.478 e. The third-order valence-corrected chi connectivity index (χ3v) is 4.95. The van der Waals surface area contributed by atoms with Crippen LogP contribution in [0.2, 0.25) is 0 Å². The number of hydrogen-bond acceptors (Lipinski definition) is 4. The summed E-state index contributed by atoms with van der Waals surface area (Å²) in [6, 6.07) is 5.37. The smallest absolute Gasteiger partial charge is 0.213 e. The van der Waals surface area contributed by atoms with E-state index in [0.717, 1.165) is 30.5 Å². The van der Waals surface area contributed by atoms with E-state index in [1.165, 1.54) is 38.8 Å². The van der Waals surface area contributed by atoms with Gasteiger partial charge in [-0.1, -0.05) is 13.0 Å². The standard InChI is InChI=1S/C20H33N5O.HI/c1-3-13-26-19-8-5-16(14-22-19)15-23-20(21-4-2)24-17-9-11-25(12-10-17)18-6-7-18;/h5,8,14,17-18H,3-4,6-7,9-13,15H2,1-2H3,(H2,21,23,24);1H. The van der Waals surface area contributed by atoms with E-state index >= 15 is 0 Å². The van der Waals surface area contributed by atoms with Crippen molar-refractivity contribution < 1.29 is 4.74 Å². The molecule has 0 unspecified atom stereocenters. The fourth-order valence-electron chi connectivity index (χ4n) is 3.33. The molecular weight excluding hydrogens is 453 g/mol. The van der Waals surface area contributed by atoms with E-state index in [2.05, 4.69) is 34.4 Å². The lowest BCUT2D eigenvalue weighted by atomic mass is 10.1. The van der Waals surface area contributed by atoms with Crippen molar-refractivity contribution in [2.75, 3.05) is 26.2 Å². The maximum Gasteiger partial charge on any atom is 0.213 e. The lowest BCUT2D eigenvalue weighted by Crippen LogP contribution is -2.49. The van der Waals surface area contributed by atoms with Gasteiger partial charge in [-0.3, -0.25) is 0 Å². The summed E-state index contributed by atoms with van der Waals surface area (Å²) in [5.41, 5.74) is 1.09. The van der Waals surface area contributed by atoms with Crippen LogP contribution in [0.15, 0.2) is 23.3 Å². The number of aromatic nitrogens is 1. The third-order valence-electron chi connectivity index (χ3n) is 4.95. The Balaban J connectivity index is 0.00000261. The molecule has 1 aliphatic carbocycles. The molecule has 1 saturated carbocycles. The van der Waals surface area contributed by atoms with Crippen LogP contribution in [0.1, 0.15) is 51.5 Å². The number of pyridine rings is 1. The van der Waals surface area contributed by atoms with Gasteiger partial charge in [0.1, 0.15) is 0 Å². The summed E-state index contributed by atoms with van der Waals surface area (Å²) >= 11 is 0. The molecule has 7 heteroatoms. The zero-order valence-electron chi connectivity index (χ0n) is 16.6. The molecule has 2 fully saturated rings. The first-order valence-electron chi connectivity index (χ1n) is 10.1. The fourth-order valence-corrected chi connectivity index (χ4v) is 3.33. The van der Waals surface area contributed by atoms with Gasteiger partial charge >= 0.3 is 0 Å². The highest BCUT2D eigenvalue weighted by Gasteiger charge is 2.31. The number of likely N-dealkylation sites (tertiary alicyclic amines) is 1. The molecule has 0 radical (unpaired) electrons. The Labute approximate surface area is 180 Å². The zero-order chi connectivity index (χ0) is 18.2. The predicted octanol–water partition coefficient (Wildman–Crippen LogP) is 3.17. The monoisotopic (exact) mass is 487 g/mol. The molecule has 0 amide bonds. The molecule has 0 bridgehead atoms. The van der Waals surface area contributed by atoms with Gasteiger partial charge in [-0.15, -0.1) is 24.0 Å². The highest BCUT2D eigenvalue weighted by Crippen LogP contribution is 2.29. The van der Waals surface area contributed by atoms with Crippen molar-refractivity contribution in [2.45, 2.75) is 64.6 Å². The number of nitrogens with zero attached hydrogens (tertiary/aromatic N) is 3. The molecule has 1 aliphatic heterocycles. The van der Waals surface area contributed by atoms with Gasteiger partial charge in [0.15, 0.2) is 5.96 Å². The van der Waals surface area contributed by atoms with Gasteiger partial charge in [-0.05, 0) is 44.6 Å². The van der Waals surface area contributed by atoms with Crippen molar-refractivity contribution in [1.82, 2.24) is 20.5 Å². The Bertz CT molecular complexity index is 568. The average Bonchev–Trinajstić information content (AvgIpc) is 3.51. The second-order valence-electron chi connectivity index (χ2n) is 7.23. The minimum atomic E-state index is 0. The van der Waals surface area contributed by atoms with Crippen molar-refractivity contribution >= 4 is 29.9 Å². The molecule has 3 rings (SSSR count). The van der Waals surface area contributed by atoms with E-state index in [-0.39, 0.29) is 24.0 Å². The lowest BCUT2D eigenvalue weighted by Gasteiger charge is -2.33. The minimum absolute atomic E-state index is 0. The second-order valence-corrected chi connectivity index (χ2v) is 7.23. The predicted molar refractivity (Wildman–Crippen MR) is 121 cm³/mol. The number of nitrogens with one attached hydrogen (secondary N) is 2. The average molecular weight is 487 g/mol. The number of halogens is 1. The summed E-state index contributed by atoms with van der Waals surface area (Å²) in [6.07, 6.45) is 8.05. The van der Waals surface area contributed by atoms with Crippen molar-refractivity contribution in [3.63, 3.8) is 0 Å². The van der Waals surface area contributed by atoms with Crippen LogP contribution in [0.5, 0.6) is 5.88 Å². The van der Waals surface area contributed by atoms with Gasteiger partial charge in [0.25, 0.3) is 0 Å². The number of piperidine rings is 1. The molecule has 2 heterocycles. The normalized spacial score (nSPS) is 18.7.